The highest BCUT2D eigenvalue weighted by atomic mass is 16.7. The Kier molecular flexibility index (Phi) is 7.89. The molecule has 0 unspecified atom stereocenters. The lowest BCUT2D eigenvalue weighted by molar-refractivity contribution is -0.325. The van der Waals surface area contributed by atoms with E-state index in [1.165, 1.54) is 12.1 Å². The molecule has 14 heteroatoms. The molecule has 2 fully saturated rings. The summed E-state index contributed by atoms with van der Waals surface area (Å²) in [5, 5.41) is 92.8. The van der Waals surface area contributed by atoms with E-state index in [4.69, 9.17) is 18.9 Å². The molecule has 3 aliphatic heterocycles. The van der Waals surface area contributed by atoms with Crippen molar-refractivity contribution >= 4 is 5.78 Å². The van der Waals surface area contributed by atoms with Crippen molar-refractivity contribution in [1.82, 2.24) is 0 Å². The quantitative estimate of drug-likeness (QED) is 0.200. The van der Waals surface area contributed by atoms with Crippen molar-refractivity contribution in [1.29, 1.82) is 0 Å². The number of hydrogen-bond donors (Lipinski definition) is 9. The lowest BCUT2D eigenvalue weighted by Gasteiger charge is -2.45. The Morgan fingerprint density at radius 2 is 1.62 bits per heavy atom. The van der Waals surface area contributed by atoms with E-state index in [1.54, 1.807) is 12.1 Å². The van der Waals surface area contributed by atoms with Gasteiger partial charge in [-0.3, -0.25) is 4.79 Å². The van der Waals surface area contributed by atoms with Gasteiger partial charge in [-0.05, 0) is 17.7 Å². The van der Waals surface area contributed by atoms with Crippen LogP contribution in [0.25, 0.3) is 0 Å². The molecule has 2 aromatic carbocycles. The molecule has 40 heavy (non-hydrogen) atoms. The number of phenols is 3. The summed E-state index contributed by atoms with van der Waals surface area (Å²) in [4.78, 5) is 13.2. The zero-order valence-electron chi connectivity index (χ0n) is 20.8. The molecule has 9 N–H and O–H groups in total. The molecule has 0 spiro atoms. The van der Waals surface area contributed by atoms with Crippen LogP contribution in [-0.2, 0) is 14.2 Å². The van der Waals surface area contributed by atoms with Gasteiger partial charge in [0.15, 0.2) is 12.1 Å². The van der Waals surface area contributed by atoms with E-state index < -0.39 is 97.3 Å². The monoisotopic (exact) mass is 566 g/mol. The van der Waals surface area contributed by atoms with Crippen molar-refractivity contribution < 1.29 is 69.7 Å². The molecule has 0 aromatic heterocycles. The fraction of sp³-hybridized carbons (Fsp3) is 0.500. The number of rotatable bonds is 5. The van der Waals surface area contributed by atoms with Gasteiger partial charge in [0.25, 0.3) is 0 Å². The van der Waals surface area contributed by atoms with E-state index in [1.807, 2.05) is 0 Å². The molecule has 2 aromatic rings. The van der Waals surface area contributed by atoms with Gasteiger partial charge in [0.05, 0.1) is 25.2 Å². The summed E-state index contributed by atoms with van der Waals surface area (Å²) >= 11 is 0. The van der Waals surface area contributed by atoms with Crippen molar-refractivity contribution in [3.05, 3.63) is 47.0 Å². The Morgan fingerprint density at radius 3 is 2.30 bits per heavy atom. The third-order valence-electron chi connectivity index (χ3n) is 7.36. The first-order chi connectivity index (χ1) is 19.0. The van der Waals surface area contributed by atoms with Crippen LogP contribution in [0.2, 0.25) is 0 Å². The number of aromatic hydroxyl groups is 3. The van der Waals surface area contributed by atoms with Crippen LogP contribution in [0.4, 0.5) is 0 Å². The number of aliphatic hydroxyl groups is 6. The number of aliphatic hydroxyl groups excluding tert-OH is 6. The number of carbonyl (C=O) groups excluding carboxylic acids is 1. The number of benzene rings is 2. The maximum Gasteiger partial charge on any atom is 0.186 e. The molecule has 5 rings (SSSR count). The highest BCUT2D eigenvalue weighted by molar-refractivity contribution is 6.03. The molecule has 10 atom stereocenters. The molecule has 3 heterocycles. The Balaban J connectivity index is 1.51. The average Bonchev–Trinajstić information content (AvgIpc) is 2.92. The highest BCUT2D eigenvalue weighted by Gasteiger charge is 2.51. The van der Waals surface area contributed by atoms with Crippen LogP contribution in [0.15, 0.2) is 30.3 Å². The van der Waals surface area contributed by atoms with Crippen LogP contribution in [0, 0.1) is 0 Å². The zero-order valence-corrected chi connectivity index (χ0v) is 20.8. The van der Waals surface area contributed by atoms with E-state index in [0.717, 1.165) is 6.07 Å². The van der Waals surface area contributed by atoms with Gasteiger partial charge in [-0.15, -0.1) is 0 Å². The molecule has 3 aliphatic rings. The zero-order chi connectivity index (χ0) is 28.9. The lowest BCUT2D eigenvalue weighted by Crippen LogP contribution is -2.60. The van der Waals surface area contributed by atoms with Crippen LogP contribution in [-0.4, -0.2) is 114 Å². The summed E-state index contributed by atoms with van der Waals surface area (Å²) in [5.41, 5.74) is -0.164. The summed E-state index contributed by atoms with van der Waals surface area (Å²) in [6, 6.07) is 7.02. The van der Waals surface area contributed by atoms with Crippen molar-refractivity contribution in [2.24, 2.45) is 0 Å². The molecule has 0 saturated carbocycles. The lowest BCUT2D eigenvalue weighted by atomic mass is 9.87. The first kappa shape index (κ1) is 28.5. The number of hydrogen-bond acceptors (Lipinski definition) is 14. The van der Waals surface area contributed by atoms with E-state index in [2.05, 4.69) is 0 Å². The second kappa shape index (κ2) is 11.1. The van der Waals surface area contributed by atoms with Gasteiger partial charge < -0.3 is 64.9 Å². The van der Waals surface area contributed by atoms with Crippen molar-refractivity contribution in [2.75, 3.05) is 13.2 Å². The molecule has 2 saturated heterocycles. The summed E-state index contributed by atoms with van der Waals surface area (Å²) < 4.78 is 22.5. The first-order valence-corrected chi connectivity index (χ1v) is 12.5. The number of phenolic OH excluding ortho intramolecular Hbond substituents is 3. The maximum absolute atomic E-state index is 13.2. The SMILES string of the molecule is O=C1C[C@H](c2ccc(O)cc2)Oc2cc(O)c([C@@H]3O[C@H](CO)[C@H](O)[C@H](O)[C@@H]3O[C@@H]3OC[C@H](O)[C@H](O)[C@H]3O)c(O)c21. The Morgan fingerprint density at radius 1 is 0.925 bits per heavy atom. The molecule has 218 valence electrons. The highest BCUT2D eigenvalue weighted by Crippen LogP contribution is 2.50. The van der Waals surface area contributed by atoms with Gasteiger partial charge in [0.2, 0.25) is 0 Å². The molecule has 0 amide bonds. The summed E-state index contributed by atoms with van der Waals surface area (Å²) in [5.74, 6) is -2.10. The minimum absolute atomic E-state index is 0.0146. The van der Waals surface area contributed by atoms with Gasteiger partial charge in [-0.1, -0.05) is 12.1 Å². The van der Waals surface area contributed by atoms with Gasteiger partial charge in [0.1, 0.15) is 83.5 Å². The van der Waals surface area contributed by atoms with Gasteiger partial charge >= 0.3 is 0 Å². The smallest absolute Gasteiger partial charge is 0.186 e. The minimum atomic E-state index is -1.84. The number of fused-ring (bicyclic) bond motifs is 1. The molecular formula is C26H30O14. The standard InChI is InChI=1S/C26H30O14/c27-7-16-20(33)22(35)25(40-26-23(36)19(32)13(31)8-37-26)24(39-16)18-12(30)6-15-17(21(18)34)11(29)5-14(38-15)9-1-3-10(28)4-2-9/h1-4,6,13-14,16,19-20,22-28,30-36H,5,7-8H2/t13-,14+,16+,19-,20-,22-,23+,24-,25-,26-/m0/s1. The summed E-state index contributed by atoms with van der Waals surface area (Å²) in [6.07, 6.45) is -15.8. The van der Waals surface area contributed by atoms with Crippen LogP contribution >= 0.6 is 0 Å². The summed E-state index contributed by atoms with van der Waals surface area (Å²) in [6.45, 7) is -1.22. The van der Waals surface area contributed by atoms with Crippen molar-refractivity contribution in [2.45, 2.75) is 67.6 Å². The normalized spacial score (nSPS) is 36.1. The summed E-state index contributed by atoms with van der Waals surface area (Å²) in [7, 11) is 0. The van der Waals surface area contributed by atoms with E-state index in [9.17, 15) is 50.8 Å². The predicted molar refractivity (Wildman–Crippen MR) is 130 cm³/mol. The Bertz CT molecular complexity index is 1230. The number of ether oxygens (including phenoxy) is 4. The second-order valence-corrected chi connectivity index (χ2v) is 9.97. The van der Waals surface area contributed by atoms with E-state index >= 15 is 0 Å². The third kappa shape index (κ3) is 4.98. The third-order valence-corrected chi connectivity index (χ3v) is 7.36. The maximum atomic E-state index is 13.2. The average molecular weight is 567 g/mol. The second-order valence-electron chi connectivity index (χ2n) is 9.97. The van der Waals surface area contributed by atoms with Crippen LogP contribution in [0.1, 0.15) is 40.1 Å². The number of carbonyl (C=O) groups is 1. The van der Waals surface area contributed by atoms with Crippen molar-refractivity contribution in [3.63, 3.8) is 0 Å². The Hall–Kier alpha value is -3.05. The molecule has 0 bridgehead atoms. The van der Waals surface area contributed by atoms with E-state index in [-0.39, 0.29) is 23.5 Å². The predicted octanol–water partition coefficient (Wildman–Crippen LogP) is -1.51. The van der Waals surface area contributed by atoms with Crippen molar-refractivity contribution in [3.8, 4) is 23.0 Å². The van der Waals surface area contributed by atoms with Gasteiger partial charge in [0, 0.05) is 6.07 Å². The Labute approximate surface area is 226 Å². The van der Waals surface area contributed by atoms with Crippen LogP contribution < -0.4 is 4.74 Å². The number of Topliss-reactive ketones (excluding diaryl/α,β-unsaturated/α-hetero) is 1. The van der Waals surface area contributed by atoms with Gasteiger partial charge in [-0.2, -0.15) is 0 Å². The molecule has 0 aliphatic carbocycles. The number of ketones is 1. The molecule has 0 radical (unpaired) electrons. The minimum Gasteiger partial charge on any atom is -0.508 e. The fourth-order valence-electron chi connectivity index (χ4n) is 5.16. The van der Waals surface area contributed by atoms with Gasteiger partial charge in [-0.25, -0.2) is 0 Å². The largest absolute Gasteiger partial charge is 0.508 e. The van der Waals surface area contributed by atoms with Crippen LogP contribution in [0.3, 0.4) is 0 Å². The van der Waals surface area contributed by atoms with E-state index in [0.29, 0.717) is 5.56 Å². The molecular weight excluding hydrogens is 536 g/mol. The van der Waals surface area contributed by atoms with Crippen LogP contribution in [0.5, 0.6) is 23.0 Å². The molecule has 14 nitrogen and oxygen atoms in total. The topological polar surface area (TPSA) is 236 Å². The fourth-order valence-corrected chi connectivity index (χ4v) is 5.16. The first-order valence-electron chi connectivity index (χ1n) is 12.5.